The van der Waals surface area contributed by atoms with E-state index in [0.29, 0.717) is 5.91 Å². The molecule has 0 aromatic rings. The van der Waals surface area contributed by atoms with Gasteiger partial charge in [-0.05, 0) is 12.8 Å². The maximum absolute atomic E-state index is 12.3. The molecule has 0 aliphatic carbocycles. The topological polar surface area (TPSA) is 20.3 Å². The molecule has 0 N–H and O–H groups in total. The second kappa shape index (κ2) is 8.54. The van der Waals surface area contributed by atoms with Crippen LogP contribution in [-0.4, -0.2) is 23.9 Å². The van der Waals surface area contributed by atoms with Crippen molar-refractivity contribution in [1.82, 2.24) is 4.90 Å². The number of rotatable bonds is 8. The van der Waals surface area contributed by atoms with Crippen LogP contribution in [0.5, 0.6) is 0 Å². The molecule has 102 valence electrons. The van der Waals surface area contributed by atoms with Crippen molar-refractivity contribution in [2.75, 3.05) is 13.1 Å². The van der Waals surface area contributed by atoms with Gasteiger partial charge < -0.3 is 4.90 Å². The van der Waals surface area contributed by atoms with Crippen LogP contribution in [-0.2, 0) is 4.79 Å². The second-order valence-corrected chi connectivity index (χ2v) is 5.96. The predicted octanol–water partition coefficient (Wildman–Crippen LogP) is 4.24. The molecule has 2 nitrogen and oxygen atoms in total. The van der Waals surface area contributed by atoms with Crippen molar-refractivity contribution in [3.05, 3.63) is 0 Å². The molecule has 0 aromatic carbocycles. The van der Waals surface area contributed by atoms with Crippen LogP contribution in [0.15, 0.2) is 0 Å². The largest absolute Gasteiger partial charge is 0.342 e. The highest BCUT2D eigenvalue weighted by atomic mass is 16.2. The van der Waals surface area contributed by atoms with E-state index in [1.54, 1.807) is 0 Å². The molecule has 1 amide bonds. The van der Waals surface area contributed by atoms with Crippen molar-refractivity contribution < 1.29 is 4.79 Å². The monoisotopic (exact) mass is 241 g/mol. The van der Waals surface area contributed by atoms with Crippen LogP contribution < -0.4 is 0 Å². The molecule has 0 aliphatic rings. The Balaban J connectivity index is 4.23. The summed E-state index contributed by atoms with van der Waals surface area (Å²) >= 11 is 0. The Bertz CT molecular complexity index is 195. The number of carbonyl (C=O) groups is 1. The van der Waals surface area contributed by atoms with Crippen LogP contribution in [0.3, 0.4) is 0 Å². The zero-order valence-corrected chi connectivity index (χ0v) is 12.5. The summed E-state index contributed by atoms with van der Waals surface area (Å²) in [5.41, 5.74) is -0.238. The summed E-state index contributed by atoms with van der Waals surface area (Å²) in [4.78, 5) is 14.4. The summed E-state index contributed by atoms with van der Waals surface area (Å²) in [7, 11) is 0. The fourth-order valence-corrected chi connectivity index (χ4v) is 1.89. The molecule has 0 heterocycles. The number of unbranched alkanes of at least 4 members (excludes halogenated alkanes) is 4. The van der Waals surface area contributed by atoms with E-state index in [4.69, 9.17) is 0 Å². The van der Waals surface area contributed by atoms with E-state index in [-0.39, 0.29) is 5.41 Å². The van der Waals surface area contributed by atoms with Gasteiger partial charge in [0, 0.05) is 18.5 Å². The second-order valence-electron chi connectivity index (χ2n) is 5.96. The van der Waals surface area contributed by atoms with Crippen molar-refractivity contribution in [2.45, 2.75) is 73.1 Å². The first-order valence-electron chi connectivity index (χ1n) is 7.22. The predicted molar refractivity (Wildman–Crippen MR) is 75.1 cm³/mol. The first-order valence-corrected chi connectivity index (χ1v) is 7.22. The average Bonchev–Trinajstić information content (AvgIpc) is 2.25. The minimum Gasteiger partial charge on any atom is -0.342 e. The first-order chi connectivity index (χ1) is 7.93. The standard InChI is InChI=1S/C15H31NO/c1-6-8-10-12-16(13-11-9-7-2)14(17)15(3,4)5/h6-13H2,1-5H3. The van der Waals surface area contributed by atoms with Gasteiger partial charge in [0.15, 0.2) is 0 Å². The minimum atomic E-state index is -0.238. The number of carbonyl (C=O) groups excluding carboxylic acids is 1. The molecule has 0 bridgehead atoms. The minimum absolute atomic E-state index is 0.238. The quantitative estimate of drug-likeness (QED) is 0.582. The fourth-order valence-electron chi connectivity index (χ4n) is 1.89. The van der Waals surface area contributed by atoms with Crippen LogP contribution in [0.4, 0.5) is 0 Å². The van der Waals surface area contributed by atoms with Gasteiger partial charge in [-0.15, -0.1) is 0 Å². The maximum Gasteiger partial charge on any atom is 0.227 e. The van der Waals surface area contributed by atoms with Crippen molar-refractivity contribution in [2.24, 2.45) is 5.41 Å². The summed E-state index contributed by atoms with van der Waals surface area (Å²) in [6.07, 6.45) is 7.16. The molecular formula is C15H31NO. The van der Waals surface area contributed by atoms with Crippen molar-refractivity contribution in [1.29, 1.82) is 0 Å². The van der Waals surface area contributed by atoms with Gasteiger partial charge in [-0.2, -0.15) is 0 Å². The molecule has 0 radical (unpaired) electrons. The third-order valence-electron chi connectivity index (χ3n) is 2.99. The summed E-state index contributed by atoms with van der Waals surface area (Å²) in [6.45, 7) is 12.3. The van der Waals surface area contributed by atoms with E-state index in [9.17, 15) is 4.79 Å². The molecule has 0 aromatic heterocycles. The van der Waals surface area contributed by atoms with Crippen LogP contribution in [0.25, 0.3) is 0 Å². The van der Waals surface area contributed by atoms with E-state index in [2.05, 4.69) is 18.7 Å². The number of hydrogen-bond acceptors (Lipinski definition) is 1. The molecule has 0 saturated heterocycles. The molecule has 0 rings (SSSR count). The SMILES string of the molecule is CCCCCN(CCCCC)C(=O)C(C)(C)C. The van der Waals surface area contributed by atoms with Gasteiger partial charge in [0.05, 0.1) is 0 Å². The average molecular weight is 241 g/mol. The van der Waals surface area contributed by atoms with Crippen LogP contribution in [0.2, 0.25) is 0 Å². The Morgan fingerprint density at radius 2 is 1.29 bits per heavy atom. The number of hydrogen-bond donors (Lipinski definition) is 0. The highest BCUT2D eigenvalue weighted by Gasteiger charge is 2.26. The molecule has 0 spiro atoms. The zero-order chi connectivity index (χ0) is 13.3. The number of nitrogens with zero attached hydrogens (tertiary/aromatic N) is 1. The normalized spacial score (nSPS) is 11.6. The summed E-state index contributed by atoms with van der Waals surface area (Å²) in [6, 6.07) is 0. The highest BCUT2D eigenvalue weighted by Crippen LogP contribution is 2.18. The lowest BCUT2D eigenvalue weighted by molar-refractivity contribution is -0.139. The van der Waals surface area contributed by atoms with Crippen LogP contribution >= 0.6 is 0 Å². The van der Waals surface area contributed by atoms with E-state index >= 15 is 0 Å². The molecule has 0 saturated carbocycles. The number of amides is 1. The Kier molecular flexibility index (Phi) is 8.28. The van der Waals surface area contributed by atoms with Crippen LogP contribution in [0.1, 0.15) is 73.1 Å². The Morgan fingerprint density at radius 1 is 0.882 bits per heavy atom. The van der Waals surface area contributed by atoms with Gasteiger partial charge in [-0.1, -0.05) is 60.3 Å². The molecule has 0 fully saturated rings. The van der Waals surface area contributed by atoms with Crippen LogP contribution in [0, 0.1) is 5.41 Å². The Labute approximate surface area is 108 Å². The van der Waals surface area contributed by atoms with E-state index < -0.39 is 0 Å². The third-order valence-corrected chi connectivity index (χ3v) is 2.99. The van der Waals surface area contributed by atoms with E-state index in [1.165, 1.54) is 25.7 Å². The molecule has 17 heavy (non-hydrogen) atoms. The van der Waals surface area contributed by atoms with Gasteiger partial charge in [0.1, 0.15) is 0 Å². The molecule has 2 heteroatoms. The van der Waals surface area contributed by atoms with E-state index in [1.807, 2.05) is 20.8 Å². The summed E-state index contributed by atoms with van der Waals surface area (Å²) in [5.74, 6) is 0.310. The smallest absolute Gasteiger partial charge is 0.227 e. The van der Waals surface area contributed by atoms with Gasteiger partial charge >= 0.3 is 0 Å². The van der Waals surface area contributed by atoms with Crippen molar-refractivity contribution >= 4 is 5.91 Å². The Morgan fingerprint density at radius 3 is 1.59 bits per heavy atom. The maximum atomic E-state index is 12.3. The van der Waals surface area contributed by atoms with Gasteiger partial charge in [0.2, 0.25) is 5.91 Å². The lowest BCUT2D eigenvalue weighted by Crippen LogP contribution is -2.40. The third kappa shape index (κ3) is 7.40. The molecule has 0 aliphatic heterocycles. The van der Waals surface area contributed by atoms with Crippen molar-refractivity contribution in [3.63, 3.8) is 0 Å². The van der Waals surface area contributed by atoms with Gasteiger partial charge in [-0.3, -0.25) is 4.79 Å². The molecule has 0 unspecified atom stereocenters. The lowest BCUT2D eigenvalue weighted by Gasteiger charge is -2.29. The zero-order valence-electron chi connectivity index (χ0n) is 12.5. The Hall–Kier alpha value is -0.530. The fraction of sp³-hybridized carbons (Fsp3) is 0.933. The highest BCUT2D eigenvalue weighted by molar-refractivity contribution is 5.81. The first kappa shape index (κ1) is 16.5. The molecular weight excluding hydrogens is 210 g/mol. The van der Waals surface area contributed by atoms with E-state index in [0.717, 1.165) is 25.9 Å². The van der Waals surface area contributed by atoms with Crippen molar-refractivity contribution in [3.8, 4) is 0 Å². The van der Waals surface area contributed by atoms with Gasteiger partial charge in [-0.25, -0.2) is 0 Å². The lowest BCUT2D eigenvalue weighted by atomic mass is 9.94. The van der Waals surface area contributed by atoms with Gasteiger partial charge in [0.25, 0.3) is 0 Å². The molecule has 0 atom stereocenters. The summed E-state index contributed by atoms with van der Waals surface area (Å²) in [5, 5.41) is 0. The summed E-state index contributed by atoms with van der Waals surface area (Å²) < 4.78 is 0.